The lowest BCUT2D eigenvalue weighted by atomic mass is 10.2. The molecule has 2 aromatic carbocycles. The van der Waals surface area contributed by atoms with Crippen molar-refractivity contribution in [1.82, 2.24) is 5.43 Å². The molecular weight excluding hydrogens is 276 g/mol. The van der Waals surface area contributed by atoms with E-state index in [2.05, 4.69) is 23.6 Å². The van der Waals surface area contributed by atoms with Crippen LogP contribution in [0.25, 0.3) is 5.70 Å². The highest BCUT2D eigenvalue weighted by molar-refractivity contribution is 5.89. The summed E-state index contributed by atoms with van der Waals surface area (Å²) in [4.78, 5) is 11.7. The Labute approximate surface area is 130 Å². The van der Waals surface area contributed by atoms with Gasteiger partial charge in [-0.2, -0.15) is 0 Å². The molecule has 0 atom stereocenters. The second-order valence-electron chi connectivity index (χ2n) is 4.97. The Hall–Kier alpha value is -2.75. The molecule has 0 bridgehead atoms. The van der Waals surface area contributed by atoms with Gasteiger partial charge in [0.2, 0.25) is 0 Å². The molecule has 4 nitrogen and oxygen atoms in total. The highest BCUT2D eigenvalue weighted by Gasteiger charge is 2.15. The van der Waals surface area contributed by atoms with Gasteiger partial charge in [-0.3, -0.25) is 10.4 Å². The quantitative estimate of drug-likeness (QED) is 0.879. The van der Waals surface area contributed by atoms with Crippen LogP contribution in [0.1, 0.15) is 22.8 Å². The summed E-state index contributed by atoms with van der Waals surface area (Å²) in [6.45, 7) is 2.97. The summed E-state index contributed by atoms with van der Waals surface area (Å²) in [6.07, 6.45) is 2.15. The van der Waals surface area contributed by atoms with Crippen LogP contribution in [0.5, 0.6) is 0 Å². The van der Waals surface area contributed by atoms with Crippen LogP contribution in [0.4, 0.5) is 5.69 Å². The normalized spacial score (nSPS) is 13.5. The molecule has 22 heavy (non-hydrogen) atoms. The predicted molar refractivity (Wildman–Crippen MR) is 87.3 cm³/mol. The first-order valence-corrected chi connectivity index (χ1v) is 7.35. The van der Waals surface area contributed by atoms with Crippen molar-refractivity contribution >= 4 is 17.4 Å². The number of esters is 1. The van der Waals surface area contributed by atoms with E-state index in [1.165, 1.54) is 0 Å². The number of rotatable bonds is 4. The molecule has 0 spiro atoms. The Balaban J connectivity index is 1.68. The standard InChI is InChI=1S/C18H18N2O2/c1-2-22-18(21)15-8-10-16(11-9-15)20-13-12-17(19-20)14-6-4-3-5-7-14/h3-12,19H,2,13H2,1H3. The molecule has 3 rings (SSSR count). The van der Waals surface area contributed by atoms with Gasteiger partial charge in [-0.1, -0.05) is 30.3 Å². The molecule has 1 aliphatic rings. The van der Waals surface area contributed by atoms with Crippen molar-refractivity contribution in [2.45, 2.75) is 6.92 Å². The van der Waals surface area contributed by atoms with Crippen LogP contribution in [0.15, 0.2) is 60.7 Å². The highest BCUT2D eigenvalue weighted by Crippen LogP contribution is 2.22. The summed E-state index contributed by atoms with van der Waals surface area (Å²) >= 11 is 0. The summed E-state index contributed by atoms with van der Waals surface area (Å²) in [7, 11) is 0. The van der Waals surface area contributed by atoms with Gasteiger partial charge in [0.1, 0.15) is 0 Å². The van der Waals surface area contributed by atoms with Crippen LogP contribution in [0.3, 0.4) is 0 Å². The van der Waals surface area contributed by atoms with Crippen molar-refractivity contribution in [2.75, 3.05) is 18.2 Å². The zero-order valence-corrected chi connectivity index (χ0v) is 12.5. The van der Waals surface area contributed by atoms with Crippen LogP contribution in [0, 0.1) is 0 Å². The largest absolute Gasteiger partial charge is 0.462 e. The zero-order chi connectivity index (χ0) is 15.4. The Bertz CT molecular complexity index is 678. The van der Waals surface area contributed by atoms with Crippen LogP contribution in [-0.4, -0.2) is 19.1 Å². The van der Waals surface area contributed by atoms with Crippen LogP contribution < -0.4 is 10.4 Å². The van der Waals surface area contributed by atoms with E-state index in [4.69, 9.17) is 4.74 Å². The number of carbonyl (C=O) groups is 1. The van der Waals surface area contributed by atoms with Gasteiger partial charge in [0.15, 0.2) is 0 Å². The molecule has 4 heteroatoms. The van der Waals surface area contributed by atoms with Crippen LogP contribution >= 0.6 is 0 Å². The first-order chi connectivity index (χ1) is 10.8. The topological polar surface area (TPSA) is 41.6 Å². The molecule has 112 valence electrons. The van der Waals surface area contributed by atoms with Crippen molar-refractivity contribution in [3.05, 3.63) is 71.8 Å². The van der Waals surface area contributed by atoms with Gasteiger partial charge in [-0.05, 0) is 42.8 Å². The highest BCUT2D eigenvalue weighted by atomic mass is 16.5. The van der Waals surface area contributed by atoms with Crippen molar-refractivity contribution in [1.29, 1.82) is 0 Å². The maximum absolute atomic E-state index is 11.7. The van der Waals surface area contributed by atoms with Crippen molar-refractivity contribution in [3.8, 4) is 0 Å². The summed E-state index contributed by atoms with van der Waals surface area (Å²) in [6, 6.07) is 17.6. The lowest BCUT2D eigenvalue weighted by Gasteiger charge is -2.20. The molecule has 1 heterocycles. The van der Waals surface area contributed by atoms with Gasteiger partial charge in [0, 0.05) is 0 Å². The molecule has 0 saturated heterocycles. The third kappa shape index (κ3) is 2.96. The average Bonchev–Trinajstić information content (AvgIpc) is 3.06. The predicted octanol–water partition coefficient (Wildman–Crippen LogP) is 3.23. The van der Waals surface area contributed by atoms with Crippen molar-refractivity contribution < 1.29 is 9.53 Å². The van der Waals surface area contributed by atoms with E-state index < -0.39 is 0 Å². The maximum atomic E-state index is 11.7. The first-order valence-electron chi connectivity index (χ1n) is 7.35. The summed E-state index contributed by atoms with van der Waals surface area (Å²) in [5.41, 5.74) is 7.21. The fourth-order valence-electron chi connectivity index (χ4n) is 2.38. The smallest absolute Gasteiger partial charge is 0.338 e. The van der Waals surface area contributed by atoms with Crippen molar-refractivity contribution in [3.63, 3.8) is 0 Å². The molecule has 1 aliphatic heterocycles. The fourth-order valence-corrected chi connectivity index (χ4v) is 2.38. The molecule has 0 saturated carbocycles. The lowest BCUT2D eigenvalue weighted by molar-refractivity contribution is 0.0526. The van der Waals surface area contributed by atoms with Crippen LogP contribution in [0.2, 0.25) is 0 Å². The number of anilines is 1. The number of ether oxygens (including phenoxy) is 1. The second-order valence-corrected chi connectivity index (χ2v) is 4.97. The molecule has 0 aliphatic carbocycles. The van der Waals surface area contributed by atoms with E-state index in [0.29, 0.717) is 12.2 Å². The number of carbonyl (C=O) groups excluding carboxylic acids is 1. The molecule has 1 N–H and O–H groups in total. The number of hydrazine groups is 1. The minimum Gasteiger partial charge on any atom is -0.462 e. The Morgan fingerprint density at radius 1 is 1.14 bits per heavy atom. The van der Waals surface area contributed by atoms with Gasteiger partial charge >= 0.3 is 5.97 Å². The van der Waals surface area contributed by atoms with Gasteiger partial charge in [-0.25, -0.2) is 4.79 Å². The molecule has 0 fully saturated rings. The Morgan fingerprint density at radius 3 is 2.55 bits per heavy atom. The number of benzene rings is 2. The van der Waals surface area contributed by atoms with E-state index in [9.17, 15) is 4.79 Å². The third-order valence-electron chi connectivity index (χ3n) is 3.51. The second kappa shape index (κ2) is 6.35. The fraction of sp³-hybridized carbons (Fsp3) is 0.167. The molecule has 0 amide bonds. The van der Waals surface area contributed by atoms with Gasteiger partial charge in [0.05, 0.1) is 30.1 Å². The number of hydrogen-bond donors (Lipinski definition) is 1. The Kier molecular flexibility index (Phi) is 4.10. The van der Waals surface area contributed by atoms with E-state index in [1.54, 1.807) is 19.1 Å². The maximum Gasteiger partial charge on any atom is 0.338 e. The molecule has 0 unspecified atom stereocenters. The number of nitrogens with one attached hydrogen (secondary N) is 1. The van der Waals surface area contributed by atoms with Gasteiger partial charge < -0.3 is 4.74 Å². The lowest BCUT2D eigenvalue weighted by Crippen LogP contribution is -2.31. The average molecular weight is 294 g/mol. The number of hydrogen-bond acceptors (Lipinski definition) is 4. The SMILES string of the molecule is CCOC(=O)c1ccc(N2CC=C(c3ccccc3)N2)cc1. The molecule has 0 radical (unpaired) electrons. The van der Waals surface area contributed by atoms with E-state index in [1.807, 2.05) is 35.3 Å². The third-order valence-corrected chi connectivity index (χ3v) is 3.51. The Morgan fingerprint density at radius 2 is 1.86 bits per heavy atom. The van der Waals surface area contributed by atoms with Gasteiger partial charge in [0.25, 0.3) is 0 Å². The molecule has 2 aromatic rings. The minimum absolute atomic E-state index is 0.286. The van der Waals surface area contributed by atoms with E-state index in [0.717, 1.165) is 23.5 Å². The van der Waals surface area contributed by atoms with E-state index >= 15 is 0 Å². The number of nitrogens with zero attached hydrogens (tertiary/aromatic N) is 1. The first kappa shape index (κ1) is 14.2. The monoisotopic (exact) mass is 294 g/mol. The summed E-state index contributed by atoms with van der Waals surface area (Å²) < 4.78 is 4.99. The van der Waals surface area contributed by atoms with Crippen molar-refractivity contribution in [2.24, 2.45) is 0 Å². The van der Waals surface area contributed by atoms with Gasteiger partial charge in [-0.15, -0.1) is 0 Å². The molecular formula is C18H18N2O2. The van der Waals surface area contributed by atoms with E-state index in [-0.39, 0.29) is 5.97 Å². The molecule has 0 aromatic heterocycles. The zero-order valence-electron chi connectivity index (χ0n) is 12.5. The summed E-state index contributed by atoms with van der Waals surface area (Å²) in [5.74, 6) is -0.286. The minimum atomic E-state index is -0.286. The van der Waals surface area contributed by atoms with Crippen LogP contribution in [-0.2, 0) is 4.74 Å². The summed E-state index contributed by atoms with van der Waals surface area (Å²) in [5, 5.41) is 2.04.